The second kappa shape index (κ2) is 4.50. The molecule has 0 fully saturated rings. The molecule has 3 N–H and O–H groups in total. The van der Waals surface area contributed by atoms with Crippen molar-refractivity contribution in [3.8, 4) is 17.2 Å². The van der Waals surface area contributed by atoms with Crippen LogP contribution in [0.25, 0.3) is 10.2 Å². The summed E-state index contributed by atoms with van der Waals surface area (Å²) in [4.78, 5) is 16.5. The summed E-state index contributed by atoms with van der Waals surface area (Å²) in [6, 6.07) is 8.42. The Morgan fingerprint density at radius 3 is 2.45 bits per heavy atom. The summed E-state index contributed by atoms with van der Waals surface area (Å²) < 4.78 is 0.687. The summed E-state index contributed by atoms with van der Waals surface area (Å²) in [5.74, 6) is -0.735. The summed E-state index contributed by atoms with van der Waals surface area (Å²) in [5.41, 5.74) is 0.681. The van der Waals surface area contributed by atoms with Crippen molar-refractivity contribution in [2.24, 2.45) is 0 Å². The molecule has 0 saturated carbocycles. The number of ketones is 1. The smallest absolute Gasteiger partial charge is 0.225 e. The van der Waals surface area contributed by atoms with Crippen molar-refractivity contribution in [2.45, 2.75) is 0 Å². The molecule has 0 aliphatic rings. The van der Waals surface area contributed by atoms with Crippen molar-refractivity contribution in [2.75, 3.05) is 0 Å². The van der Waals surface area contributed by atoms with E-state index in [1.54, 1.807) is 6.07 Å². The molecule has 5 nitrogen and oxygen atoms in total. The normalized spacial score (nSPS) is 10.8. The van der Waals surface area contributed by atoms with E-state index in [4.69, 9.17) is 0 Å². The Bertz CT molecular complexity index is 825. The molecule has 0 amide bonds. The molecule has 0 radical (unpaired) electrons. The maximum absolute atomic E-state index is 12.3. The van der Waals surface area contributed by atoms with Gasteiger partial charge in [0.25, 0.3) is 0 Å². The first kappa shape index (κ1) is 12.4. The Hall–Kier alpha value is -2.60. The van der Waals surface area contributed by atoms with Crippen LogP contribution in [0.5, 0.6) is 17.2 Å². The molecule has 1 heterocycles. The van der Waals surface area contributed by atoms with Crippen LogP contribution in [0.2, 0.25) is 0 Å². The zero-order valence-corrected chi connectivity index (χ0v) is 10.9. The van der Waals surface area contributed by atoms with Gasteiger partial charge in [-0.2, -0.15) is 0 Å². The molecule has 0 spiro atoms. The monoisotopic (exact) mass is 287 g/mol. The predicted octanol–water partition coefficient (Wildman–Crippen LogP) is 2.64. The fraction of sp³-hybridized carbons (Fsp3) is 0. The molecule has 0 aliphatic carbocycles. The van der Waals surface area contributed by atoms with Gasteiger partial charge in [0, 0.05) is 6.07 Å². The summed E-state index contributed by atoms with van der Waals surface area (Å²) in [6.07, 6.45) is 0. The highest BCUT2D eigenvalue weighted by molar-refractivity contribution is 7.20. The third kappa shape index (κ3) is 2.06. The first-order valence-electron chi connectivity index (χ1n) is 5.71. The van der Waals surface area contributed by atoms with E-state index in [-0.39, 0.29) is 27.8 Å². The number of hydrogen-bond donors (Lipinski definition) is 3. The Morgan fingerprint density at radius 2 is 1.70 bits per heavy atom. The molecule has 0 unspecified atom stereocenters. The molecule has 3 aromatic rings. The fourth-order valence-corrected chi connectivity index (χ4v) is 2.79. The lowest BCUT2D eigenvalue weighted by molar-refractivity contribution is 0.103. The van der Waals surface area contributed by atoms with Crippen molar-refractivity contribution < 1.29 is 20.1 Å². The number of hydrogen-bond acceptors (Lipinski definition) is 6. The van der Waals surface area contributed by atoms with Gasteiger partial charge in [-0.1, -0.05) is 0 Å². The van der Waals surface area contributed by atoms with Gasteiger partial charge in [-0.05, 0) is 30.3 Å². The van der Waals surface area contributed by atoms with E-state index in [0.717, 1.165) is 17.4 Å². The fourth-order valence-electron chi connectivity index (χ4n) is 1.84. The van der Waals surface area contributed by atoms with Gasteiger partial charge in [0.2, 0.25) is 5.78 Å². The molecule has 3 rings (SSSR count). The molecule has 0 saturated heterocycles. The maximum Gasteiger partial charge on any atom is 0.225 e. The van der Waals surface area contributed by atoms with Gasteiger partial charge in [0.15, 0.2) is 5.01 Å². The Kier molecular flexibility index (Phi) is 2.80. The molecule has 6 heteroatoms. The number of benzene rings is 2. The highest BCUT2D eigenvalue weighted by atomic mass is 32.1. The van der Waals surface area contributed by atoms with E-state index in [9.17, 15) is 20.1 Å². The highest BCUT2D eigenvalue weighted by Crippen LogP contribution is 2.30. The van der Waals surface area contributed by atoms with Gasteiger partial charge in [-0.3, -0.25) is 4.79 Å². The lowest BCUT2D eigenvalue weighted by Gasteiger charge is -2.01. The van der Waals surface area contributed by atoms with Crippen LogP contribution in [-0.4, -0.2) is 26.1 Å². The average Bonchev–Trinajstić information content (AvgIpc) is 2.81. The molecule has 0 aliphatic heterocycles. The van der Waals surface area contributed by atoms with Gasteiger partial charge in [0.1, 0.15) is 17.2 Å². The van der Waals surface area contributed by atoms with Gasteiger partial charge in [0.05, 0.1) is 15.8 Å². The molecular weight excluding hydrogens is 278 g/mol. The summed E-state index contributed by atoms with van der Waals surface area (Å²) >= 11 is 1.13. The van der Waals surface area contributed by atoms with Gasteiger partial charge in [-0.15, -0.1) is 11.3 Å². The molecule has 20 heavy (non-hydrogen) atoms. The predicted molar refractivity (Wildman–Crippen MR) is 74.5 cm³/mol. The molecular formula is C14H9NO4S. The van der Waals surface area contributed by atoms with Crippen molar-refractivity contribution in [1.82, 2.24) is 4.98 Å². The van der Waals surface area contributed by atoms with E-state index < -0.39 is 5.78 Å². The number of nitrogens with zero attached hydrogens (tertiary/aromatic N) is 1. The van der Waals surface area contributed by atoms with E-state index in [0.29, 0.717) is 10.2 Å². The third-order valence-corrected chi connectivity index (χ3v) is 3.81. The topological polar surface area (TPSA) is 90.7 Å². The summed E-state index contributed by atoms with van der Waals surface area (Å²) in [6.45, 7) is 0. The largest absolute Gasteiger partial charge is 0.508 e. The van der Waals surface area contributed by atoms with E-state index in [1.807, 2.05) is 0 Å². The van der Waals surface area contributed by atoms with Crippen LogP contribution in [-0.2, 0) is 0 Å². The van der Waals surface area contributed by atoms with Crippen LogP contribution in [0.15, 0.2) is 36.4 Å². The number of phenolic OH excluding ortho intramolecular Hbond substituents is 3. The zero-order valence-electron chi connectivity index (χ0n) is 10.1. The number of thiazole rings is 1. The summed E-state index contributed by atoms with van der Waals surface area (Å²) in [7, 11) is 0. The number of phenols is 3. The highest BCUT2D eigenvalue weighted by Gasteiger charge is 2.18. The quantitative estimate of drug-likeness (QED) is 0.630. The number of aromatic hydroxyl groups is 3. The lowest BCUT2D eigenvalue weighted by atomic mass is 10.1. The van der Waals surface area contributed by atoms with Crippen molar-refractivity contribution >= 4 is 27.3 Å². The number of carbonyl (C=O) groups excluding carboxylic acids is 1. The standard InChI is InChI=1S/C14H9NO4S/c16-7-1-3-9(11(18)5-7)13(19)14-15-10-4-2-8(17)6-12(10)20-14/h1-6,16-18H. The minimum atomic E-state index is -0.428. The van der Waals surface area contributed by atoms with Crippen molar-refractivity contribution in [3.63, 3.8) is 0 Å². The minimum absolute atomic E-state index is 0.0751. The Labute approximate surface area is 117 Å². The Morgan fingerprint density at radius 1 is 1.00 bits per heavy atom. The first-order chi connectivity index (χ1) is 9.54. The van der Waals surface area contributed by atoms with Crippen LogP contribution < -0.4 is 0 Å². The first-order valence-corrected chi connectivity index (χ1v) is 6.52. The SMILES string of the molecule is O=C(c1nc2ccc(O)cc2s1)c1ccc(O)cc1O. The van der Waals surface area contributed by atoms with Crippen LogP contribution in [0.1, 0.15) is 15.4 Å². The number of fused-ring (bicyclic) bond motifs is 1. The molecule has 0 bridgehead atoms. The van der Waals surface area contributed by atoms with Gasteiger partial charge >= 0.3 is 0 Å². The minimum Gasteiger partial charge on any atom is -0.508 e. The van der Waals surface area contributed by atoms with Crippen molar-refractivity contribution in [3.05, 3.63) is 47.0 Å². The van der Waals surface area contributed by atoms with E-state index in [2.05, 4.69) is 4.98 Å². The zero-order chi connectivity index (χ0) is 14.3. The number of rotatable bonds is 2. The summed E-state index contributed by atoms with van der Waals surface area (Å²) in [5, 5.41) is 28.5. The average molecular weight is 287 g/mol. The van der Waals surface area contributed by atoms with Crippen LogP contribution >= 0.6 is 11.3 Å². The lowest BCUT2D eigenvalue weighted by Crippen LogP contribution is -2.00. The molecule has 0 atom stereocenters. The Balaban J connectivity index is 2.08. The van der Waals surface area contributed by atoms with E-state index in [1.165, 1.54) is 24.3 Å². The molecule has 100 valence electrons. The third-order valence-electron chi connectivity index (χ3n) is 2.79. The number of aromatic nitrogens is 1. The maximum atomic E-state index is 12.3. The van der Waals surface area contributed by atoms with Crippen LogP contribution in [0.3, 0.4) is 0 Å². The molecule has 2 aromatic carbocycles. The van der Waals surface area contributed by atoms with Crippen molar-refractivity contribution in [1.29, 1.82) is 0 Å². The van der Waals surface area contributed by atoms with Gasteiger partial charge in [-0.25, -0.2) is 4.98 Å². The van der Waals surface area contributed by atoms with Crippen LogP contribution in [0, 0.1) is 0 Å². The van der Waals surface area contributed by atoms with E-state index >= 15 is 0 Å². The second-order valence-electron chi connectivity index (χ2n) is 4.20. The number of carbonyl (C=O) groups is 1. The van der Waals surface area contributed by atoms with Crippen LogP contribution in [0.4, 0.5) is 0 Å². The molecule has 1 aromatic heterocycles. The second-order valence-corrected chi connectivity index (χ2v) is 5.23. The van der Waals surface area contributed by atoms with Gasteiger partial charge < -0.3 is 15.3 Å².